The average molecular weight is 243 g/mol. The number of amides is 1. The Bertz CT molecular complexity index is 711. The van der Waals surface area contributed by atoms with Crippen molar-refractivity contribution in [3.8, 4) is 0 Å². The molecule has 0 saturated carbocycles. The zero-order chi connectivity index (χ0) is 12.5. The topological polar surface area (TPSA) is 74.1 Å². The Kier molecular flexibility index (Phi) is 2.51. The fourth-order valence-corrected chi connectivity index (χ4v) is 2.20. The maximum atomic E-state index is 10.7. The molecular weight excluding hydrogens is 230 g/mol. The Labute approximate surface area is 103 Å². The molecule has 1 amide bonds. The summed E-state index contributed by atoms with van der Waals surface area (Å²) in [4.78, 5) is 10.7. The van der Waals surface area contributed by atoms with E-state index in [1.54, 1.807) is 6.26 Å². The van der Waals surface area contributed by atoms with Gasteiger partial charge < -0.3 is 10.2 Å². The Morgan fingerprint density at radius 1 is 1.39 bits per heavy atom. The Morgan fingerprint density at radius 2 is 2.28 bits per heavy atom. The van der Waals surface area contributed by atoms with E-state index in [1.807, 2.05) is 29.1 Å². The smallest absolute Gasteiger partial charge is 0.217 e. The highest BCUT2D eigenvalue weighted by Gasteiger charge is 2.09. The Hall–Kier alpha value is -2.30. The first-order valence-corrected chi connectivity index (χ1v) is 5.86. The molecule has 0 spiro atoms. The molecule has 0 bridgehead atoms. The first-order chi connectivity index (χ1) is 8.75. The number of benzene rings is 1. The summed E-state index contributed by atoms with van der Waals surface area (Å²) in [5.74, 6) is -0.278. The largest absolute Gasteiger partial charge is 0.464 e. The van der Waals surface area contributed by atoms with Gasteiger partial charge in [0.15, 0.2) is 0 Å². The molecule has 2 heterocycles. The van der Waals surface area contributed by atoms with Gasteiger partial charge in [-0.05, 0) is 24.6 Å². The van der Waals surface area contributed by atoms with Gasteiger partial charge in [0.1, 0.15) is 5.58 Å². The number of hydrogen-bond acceptors (Lipinski definition) is 3. The van der Waals surface area contributed by atoms with E-state index >= 15 is 0 Å². The van der Waals surface area contributed by atoms with Crippen molar-refractivity contribution in [2.24, 2.45) is 5.73 Å². The van der Waals surface area contributed by atoms with Gasteiger partial charge >= 0.3 is 0 Å². The third kappa shape index (κ3) is 1.73. The molecule has 0 fully saturated rings. The lowest BCUT2D eigenvalue weighted by Crippen LogP contribution is -2.11. The van der Waals surface area contributed by atoms with Gasteiger partial charge in [-0.1, -0.05) is 0 Å². The van der Waals surface area contributed by atoms with Crippen molar-refractivity contribution in [3.05, 3.63) is 30.7 Å². The normalized spacial score (nSPS) is 11.3. The van der Waals surface area contributed by atoms with Crippen molar-refractivity contribution in [2.45, 2.75) is 19.4 Å². The first kappa shape index (κ1) is 10.8. The molecule has 1 aromatic carbocycles. The maximum absolute atomic E-state index is 10.7. The average Bonchev–Trinajstić information content (AvgIpc) is 2.93. The fraction of sp³-hybridized carbons (Fsp3) is 0.231. The number of primary amides is 1. The number of nitrogens with two attached hydrogens (primary N) is 1. The van der Waals surface area contributed by atoms with E-state index in [9.17, 15) is 4.79 Å². The van der Waals surface area contributed by atoms with Gasteiger partial charge in [0.05, 0.1) is 18.0 Å². The summed E-state index contributed by atoms with van der Waals surface area (Å²) in [6, 6.07) is 5.86. The molecule has 2 N–H and O–H groups in total. The third-order valence-electron chi connectivity index (χ3n) is 3.03. The fourth-order valence-electron chi connectivity index (χ4n) is 2.20. The van der Waals surface area contributed by atoms with E-state index in [-0.39, 0.29) is 5.91 Å². The molecule has 0 aliphatic rings. The third-order valence-corrected chi connectivity index (χ3v) is 3.03. The van der Waals surface area contributed by atoms with Gasteiger partial charge in [0.2, 0.25) is 5.91 Å². The molecule has 0 radical (unpaired) electrons. The summed E-state index contributed by atoms with van der Waals surface area (Å²) in [5.41, 5.74) is 7.03. The van der Waals surface area contributed by atoms with Crippen molar-refractivity contribution >= 4 is 27.8 Å². The highest BCUT2D eigenvalue weighted by molar-refractivity contribution is 6.03. The molecule has 18 heavy (non-hydrogen) atoms. The summed E-state index contributed by atoms with van der Waals surface area (Å²) in [6.45, 7) is 0.677. The molecule has 5 heteroatoms. The number of carbonyl (C=O) groups is 1. The Morgan fingerprint density at radius 3 is 3.11 bits per heavy atom. The minimum atomic E-state index is -0.278. The number of fused-ring (bicyclic) bond motifs is 3. The van der Waals surface area contributed by atoms with Crippen LogP contribution >= 0.6 is 0 Å². The molecule has 0 aliphatic carbocycles. The minimum absolute atomic E-state index is 0.278. The van der Waals surface area contributed by atoms with Crippen LogP contribution in [0.2, 0.25) is 0 Å². The van der Waals surface area contributed by atoms with Crippen molar-refractivity contribution in [3.63, 3.8) is 0 Å². The first-order valence-electron chi connectivity index (χ1n) is 5.86. The van der Waals surface area contributed by atoms with Gasteiger partial charge in [0, 0.05) is 23.7 Å². The van der Waals surface area contributed by atoms with E-state index in [0.717, 1.165) is 21.9 Å². The number of rotatable bonds is 4. The number of aromatic nitrogens is 2. The second-order valence-electron chi connectivity index (χ2n) is 4.27. The highest BCUT2D eigenvalue weighted by Crippen LogP contribution is 2.26. The van der Waals surface area contributed by atoms with Crippen LogP contribution in [0.1, 0.15) is 12.8 Å². The van der Waals surface area contributed by atoms with Crippen LogP contribution in [0.15, 0.2) is 35.1 Å². The van der Waals surface area contributed by atoms with Crippen molar-refractivity contribution < 1.29 is 9.21 Å². The van der Waals surface area contributed by atoms with E-state index in [0.29, 0.717) is 19.4 Å². The number of furan rings is 1. The zero-order valence-corrected chi connectivity index (χ0v) is 9.80. The van der Waals surface area contributed by atoms with Crippen LogP contribution in [-0.2, 0) is 11.3 Å². The molecule has 5 nitrogen and oxygen atoms in total. The lowest BCUT2D eigenvalue weighted by Gasteiger charge is -2.03. The predicted octanol–water partition coefficient (Wildman–Crippen LogP) is 2.05. The quantitative estimate of drug-likeness (QED) is 0.762. The van der Waals surface area contributed by atoms with E-state index in [2.05, 4.69) is 5.10 Å². The second-order valence-corrected chi connectivity index (χ2v) is 4.27. The molecule has 0 saturated heterocycles. The standard InChI is InChI=1S/C13H13N3O2/c14-12(17)2-1-6-16-13-9(8-15-16)3-4-11-10(13)5-7-18-11/h3-5,7-8H,1-2,6H2,(H2,14,17). The van der Waals surface area contributed by atoms with Gasteiger partial charge in [-0.15, -0.1) is 0 Å². The molecule has 2 aromatic heterocycles. The van der Waals surface area contributed by atoms with Crippen LogP contribution in [0.5, 0.6) is 0 Å². The number of hydrogen-bond donors (Lipinski definition) is 1. The van der Waals surface area contributed by atoms with Crippen molar-refractivity contribution in [1.29, 1.82) is 0 Å². The summed E-state index contributed by atoms with van der Waals surface area (Å²) in [6.07, 6.45) is 4.57. The number of aryl methyl sites for hydroxylation is 1. The molecule has 0 unspecified atom stereocenters. The Balaban J connectivity index is 2.01. The van der Waals surface area contributed by atoms with Gasteiger partial charge in [0.25, 0.3) is 0 Å². The van der Waals surface area contributed by atoms with Crippen LogP contribution in [0.4, 0.5) is 0 Å². The van der Waals surface area contributed by atoms with E-state index in [4.69, 9.17) is 10.2 Å². The van der Waals surface area contributed by atoms with Gasteiger partial charge in [-0.2, -0.15) is 5.10 Å². The summed E-state index contributed by atoms with van der Waals surface area (Å²) in [5, 5.41) is 6.46. The van der Waals surface area contributed by atoms with Crippen LogP contribution in [0.3, 0.4) is 0 Å². The van der Waals surface area contributed by atoms with E-state index in [1.165, 1.54) is 0 Å². The van der Waals surface area contributed by atoms with Gasteiger partial charge in [-0.3, -0.25) is 9.48 Å². The SMILES string of the molecule is NC(=O)CCCn1ncc2ccc3occc3c21. The van der Waals surface area contributed by atoms with Crippen molar-refractivity contribution in [1.82, 2.24) is 9.78 Å². The monoisotopic (exact) mass is 243 g/mol. The lowest BCUT2D eigenvalue weighted by atomic mass is 10.2. The number of nitrogens with zero attached hydrogens (tertiary/aromatic N) is 2. The maximum Gasteiger partial charge on any atom is 0.217 e. The van der Waals surface area contributed by atoms with Gasteiger partial charge in [-0.25, -0.2) is 0 Å². The summed E-state index contributed by atoms with van der Waals surface area (Å²) < 4.78 is 7.28. The molecule has 0 aliphatic heterocycles. The van der Waals surface area contributed by atoms with Crippen LogP contribution in [-0.4, -0.2) is 15.7 Å². The van der Waals surface area contributed by atoms with Crippen LogP contribution < -0.4 is 5.73 Å². The number of carbonyl (C=O) groups excluding carboxylic acids is 1. The minimum Gasteiger partial charge on any atom is -0.464 e. The molecular formula is C13H13N3O2. The van der Waals surface area contributed by atoms with Crippen molar-refractivity contribution in [2.75, 3.05) is 0 Å². The van der Waals surface area contributed by atoms with Crippen LogP contribution in [0, 0.1) is 0 Å². The molecule has 92 valence electrons. The second kappa shape index (κ2) is 4.18. The highest BCUT2D eigenvalue weighted by atomic mass is 16.3. The summed E-state index contributed by atoms with van der Waals surface area (Å²) in [7, 11) is 0. The zero-order valence-electron chi connectivity index (χ0n) is 9.80. The lowest BCUT2D eigenvalue weighted by molar-refractivity contribution is -0.118. The molecule has 3 aromatic rings. The molecule has 3 rings (SSSR count). The molecule has 0 atom stereocenters. The van der Waals surface area contributed by atoms with Crippen LogP contribution in [0.25, 0.3) is 21.9 Å². The van der Waals surface area contributed by atoms with E-state index < -0.39 is 0 Å². The predicted molar refractivity (Wildman–Crippen MR) is 67.9 cm³/mol. The summed E-state index contributed by atoms with van der Waals surface area (Å²) >= 11 is 0.